The summed E-state index contributed by atoms with van der Waals surface area (Å²) in [6.45, 7) is 8.34. The standard InChI is InChI=1S/C23H31N3O2/c1-17(2)20-8-11-24-22-7-6-19(16-21(20)22)28-23(27)26-14-9-18(10-15-26)25-12-4-3-5-13-25/h6-8,11,16-18H,3-5,9-10,12-15H2,1-2H3. The van der Waals surface area contributed by atoms with Crippen molar-refractivity contribution in [1.29, 1.82) is 0 Å². The van der Waals surface area contributed by atoms with Gasteiger partial charge in [-0.3, -0.25) is 4.98 Å². The molecule has 0 N–H and O–H groups in total. The highest BCUT2D eigenvalue weighted by atomic mass is 16.6. The monoisotopic (exact) mass is 381 g/mol. The van der Waals surface area contributed by atoms with E-state index in [-0.39, 0.29) is 6.09 Å². The van der Waals surface area contributed by atoms with Crippen LogP contribution < -0.4 is 4.74 Å². The Morgan fingerprint density at radius 2 is 1.82 bits per heavy atom. The first-order chi connectivity index (χ1) is 13.6. The van der Waals surface area contributed by atoms with E-state index < -0.39 is 0 Å². The van der Waals surface area contributed by atoms with Crippen LogP contribution in [0.3, 0.4) is 0 Å². The van der Waals surface area contributed by atoms with Gasteiger partial charge < -0.3 is 14.5 Å². The minimum atomic E-state index is -0.230. The Bertz CT molecular complexity index is 822. The van der Waals surface area contributed by atoms with Crippen molar-refractivity contribution >= 4 is 17.0 Å². The van der Waals surface area contributed by atoms with Gasteiger partial charge in [-0.1, -0.05) is 20.3 Å². The second-order valence-corrected chi connectivity index (χ2v) is 8.42. The van der Waals surface area contributed by atoms with Crippen LogP contribution in [0.2, 0.25) is 0 Å². The molecule has 0 unspecified atom stereocenters. The van der Waals surface area contributed by atoms with Gasteiger partial charge in [-0.15, -0.1) is 0 Å². The minimum absolute atomic E-state index is 0.230. The lowest BCUT2D eigenvalue weighted by atomic mass is 9.99. The van der Waals surface area contributed by atoms with Gasteiger partial charge in [0.2, 0.25) is 0 Å². The summed E-state index contributed by atoms with van der Waals surface area (Å²) in [7, 11) is 0. The Hall–Kier alpha value is -2.14. The number of nitrogens with zero attached hydrogens (tertiary/aromatic N) is 3. The van der Waals surface area contributed by atoms with Crippen LogP contribution >= 0.6 is 0 Å². The Kier molecular flexibility index (Phi) is 5.81. The molecule has 150 valence electrons. The molecular formula is C23H31N3O2. The van der Waals surface area contributed by atoms with Gasteiger partial charge in [0.15, 0.2) is 0 Å². The predicted octanol–water partition coefficient (Wildman–Crippen LogP) is 4.81. The number of fused-ring (bicyclic) bond motifs is 1. The average molecular weight is 382 g/mol. The van der Waals surface area contributed by atoms with Crippen LogP contribution in [0, 0.1) is 0 Å². The number of pyridine rings is 1. The molecule has 5 nitrogen and oxygen atoms in total. The van der Waals surface area contributed by atoms with Crippen molar-refractivity contribution in [2.75, 3.05) is 26.2 Å². The summed E-state index contributed by atoms with van der Waals surface area (Å²) in [4.78, 5) is 21.6. The molecule has 0 radical (unpaired) electrons. The topological polar surface area (TPSA) is 45.7 Å². The lowest BCUT2D eigenvalue weighted by molar-refractivity contribution is 0.0878. The van der Waals surface area contributed by atoms with Crippen molar-refractivity contribution in [3.63, 3.8) is 0 Å². The van der Waals surface area contributed by atoms with Gasteiger partial charge in [-0.05, 0) is 74.5 Å². The number of likely N-dealkylation sites (tertiary alicyclic amines) is 2. The van der Waals surface area contributed by atoms with Gasteiger partial charge in [0.1, 0.15) is 5.75 Å². The predicted molar refractivity (Wildman–Crippen MR) is 112 cm³/mol. The summed E-state index contributed by atoms with van der Waals surface area (Å²) in [6, 6.07) is 8.41. The zero-order valence-corrected chi connectivity index (χ0v) is 17.1. The summed E-state index contributed by atoms with van der Waals surface area (Å²) in [5, 5.41) is 1.06. The number of hydrogen-bond donors (Lipinski definition) is 0. The van der Waals surface area contributed by atoms with Crippen molar-refractivity contribution in [2.24, 2.45) is 0 Å². The van der Waals surface area contributed by atoms with Gasteiger partial charge in [0.25, 0.3) is 0 Å². The third-order valence-corrected chi connectivity index (χ3v) is 6.20. The number of carbonyl (C=O) groups is 1. The molecule has 2 aromatic rings. The van der Waals surface area contributed by atoms with Crippen LogP contribution in [0.1, 0.15) is 57.4 Å². The number of ether oxygens (including phenoxy) is 1. The smallest absolute Gasteiger partial charge is 0.410 e. The summed E-state index contributed by atoms with van der Waals surface area (Å²) in [5.74, 6) is 0.996. The number of aromatic nitrogens is 1. The molecule has 2 saturated heterocycles. The number of rotatable bonds is 3. The van der Waals surface area contributed by atoms with Crippen molar-refractivity contribution in [3.8, 4) is 5.75 Å². The number of hydrogen-bond acceptors (Lipinski definition) is 4. The van der Waals surface area contributed by atoms with E-state index in [0.29, 0.717) is 17.7 Å². The summed E-state index contributed by atoms with van der Waals surface area (Å²) in [6.07, 6.45) is 7.71. The molecule has 0 atom stereocenters. The maximum atomic E-state index is 12.7. The molecule has 2 aliphatic rings. The Morgan fingerprint density at radius 1 is 1.07 bits per heavy atom. The van der Waals surface area contributed by atoms with Gasteiger partial charge >= 0.3 is 6.09 Å². The van der Waals surface area contributed by atoms with Crippen molar-refractivity contribution in [1.82, 2.24) is 14.8 Å². The molecule has 0 bridgehead atoms. The number of benzene rings is 1. The molecular weight excluding hydrogens is 350 g/mol. The summed E-state index contributed by atoms with van der Waals surface area (Å²) >= 11 is 0. The largest absolute Gasteiger partial charge is 0.415 e. The summed E-state index contributed by atoms with van der Waals surface area (Å²) < 4.78 is 5.72. The molecule has 4 rings (SSSR count). The van der Waals surface area contributed by atoms with Crippen molar-refractivity contribution in [2.45, 2.75) is 57.9 Å². The number of carbonyl (C=O) groups excluding carboxylic acids is 1. The second kappa shape index (κ2) is 8.48. The fourth-order valence-corrected chi connectivity index (χ4v) is 4.58. The molecule has 3 heterocycles. The van der Waals surface area contributed by atoms with Gasteiger partial charge in [0, 0.05) is 30.7 Å². The molecule has 0 saturated carbocycles. The second-order valence-electron chi connectivity index (χ2n) is 8.42. The third kappa shape index (κ3) is 4.14. The molecule has 2 fully saturated rings. The Labute approximate surface area is 167 Å². The van der Waals surface area contributed by atoms with Crippen LogP contribution in [0.5, 0.6) is 5.75 Å². The first-order valence-corrected chi connectivity index (χ1v) is 10.7. The van der Waals surface area contributed by atoms with Crippen molar-refractivity contribution in [3.05, 3.63) is 36.0 Å². The molecule has 5 heteroatoms. The molecule has 2 aliphatic heterocycles. The fourth-order valence-electron chi connectivity index (χ4n) is 4.58. The highest BCUT2D eigenvalue weighted by molar-refractivity contribution is 5.84. The first-order valence-electron chi connectivity index (χ1n) is 10.7. The first kappa shape index (κ1) is 19.2. The van der Waals surface area contributed by atoms with Crippen LogP contribution in [-0.4, -0.2) is 53.1 Å². The zero-order chi connectivity index (χ0) is 19.5. The molecule has 1 aromatic carbocycles. The maximum Gasteiger partial charge on any atom is 0.415 e. The lowest BCUT2D eigenvalue weighted by Crippen LogP contribution is -2.48. The highest BCUT2D eigenvalue weighted by Gasteiger charge is 2.28. The van der Waals surface area contributed by atoms with E-state index in [4.69, 9.17) is 4.74 Å². The lowest BCUT2D eigenvalue weighted by Gasteiger charge is -2.39. The van der Waals surface area contributed by atoms with Crippen LogP contribution in [0.25, 0.3) is 10.9 Å². The van der Waals surface area contributed by atoms with E-state index in [1.165, 1.54) is 37.9 Å². The van der Waals surface area contributed by atoms with Crippen molar-refractivity contribution < 1.29 is 9.53 Å². The normalized spacial score (nSPS) is 19.3. The maximum absolute atomic E-state index is 12.7. The SMILES string of the molecule is CC(C)c1ccnc2ccc(OC(=O)N3CCC(N4CCCCC4)CC3)cc12. The zero-order valence-electron chi connectivity index (χ0n) is 17.1. The number of piperidine rings is 2. The van der Waals surface area contributed by atoms with E-state index in [1.807, 2.05) is 35.4 Å². The van der Waals surface area contributed by atoms with Gasteiger partial charge in [-0.25, -0.2) is 4.79 Å². The van der Waals surface area contributed by atoms with Crippen LogP contribution in [0.15, 0.2) is 30.5 Å². The molecule has 1 amide bonds. The Balaban J connectivity index is 1.39. The van der Waals surface area contributed by atoms with Gasteiger partial charge in [-0.2, -0.15) is 0 Å². The van der Waals surface area contributed by atoms with E-state index in [0.717, 1.165) is 36.8 Å². The fraction of sp³-hybridized carbons (Fsp3) is 0.565. The third-order valence-electron chi connectivity index (χ3n) is 6.20. The highest BCUT2D eigenvalue weighted by Crippen LogP contribution is 2.28. The quantitative estimate of drug-likeness (QED) is 0.766. The Morgan fingerprint density at radius 3 is 2.54 bits per heavy atom. The molecule has 1 aromatic heterocycles. The van der Waals surface area contributed by atoms with Crippen LogP contribution in [0.4, 0.5) is 4.79 Å². The number of amides is 1. The van der Waals surface area contributed by atoms with E-state index in [9.17, 15) is 4.79 Å². The summed E-state index contributed by atoms with van der Waals surface area (Å²) in [5.41, 5.74) is 2.17. The molecule has 28 heavy (non-hydrogen) atoms. The van der Waals surface area contributed by atoms with E-state index in [1.54, 1.807) is 0 Å². The molecule has 0 spiro atoms. The minimum Gasteiger partial charge on any atom is -0.410 e. The average Bonchev–Trinajstić information content (AvgIpc) is 2.74. The van der Waals surface area contributed by atoms with Gasteiger partial charge in [0.05, 0.1) is 5.52 Å². The van der Waals surface area contributed by atoms with E-state index in [2.05, 4.69) is 23.7 Å². The van der Waals surface area contributed by atoms with E-state index >= 15 is 0 Å². The van der Waals surface area contributed by atoms with Crippen LogP contribution in [-0.2, 0) is 0 Å². The molecule has 0 aliphatic carbocycles.